The first-order valence-corrected chi connectivity index (χ1v) is 9.09. The first-order valence-electron chi connectivity index (χ1n) is 9.09. The second-order valence-corrected chi connectivity index (χ2v) is 6.53. The maximum Gasteiger partial charge on any atom is 0.191 e. The van der Waals surface area contributed by atoms with Gasteiger partial charge in [0.15, 0.2) is 11.6 Å². The van der Waals surface area contributed by atoms with Crippen molar-refractivity contribution in [3.8, 4) is 0 Å². The Morgan fingerprint density at radius 1 is 1.28 bits per heavy atom. The van der Waals surface area contributed by atoms with Gasteiger partial charge in [-0.1, -0.05) is 12.1 Å². The fraction of sp³-hybridized carbons (Fsp3) is 0.368. The van der Waals surface area contributed by atoms with E-state index >= 15 is 0 Å². The van der Waals surface area contributed by atoms with Crippen molar-refractivity contribution >= 4 is 46.8 Å². The third kappa shape index (κ3) is 5.52. The van der Waals surface area contributed by atoms with Gasteiger partial charge in [-0.05, 0) is 31.0 Å². The summed E-state index contributed by atoms with van der Waals surface area (Å²) in [6.45, 7) is 4.98. The number of benzene rings is 1. The standard InChI is InChI=1S/C19H25FN8.HI/c1-12-5-6-14(9-16(12)20)13(2)27-19(21-3)23-8-7-22-17-15-10-26-28(4)18(15)25-11-24-17;/h5-6,9-11,13H,7-8H2,1-4H3,(H2,21,23,27)(H,22,24,25);1H. The first kappa shape index (κ1) is 22.8. The van der Waals surface area contributed by atoms with E-state index in [0.717, 1.165) is 22.4 Å². The van der Waals surface area contributed by atoms with Gasteiger partial charge in [0.25, 0.3) is 0 Å². The zero-order valence-electron chi connectivity index (χ0n) is 16.9. The maximum atomic E-state index is 13.8. The van der Waals surface area contributed by atoms with E-state index in [1.54, 1.807) is 37.0 Å². The molecule has 0 bridgehead atoms. The van der Waals surface area contributed by atoms with Crippen molar-refractivity contribution in [1.29, 1.82) is 0 Å². The number of nitrogens with zero attached hydrogens (tertiary/aromatic N) is 5. The largest absolute Gasteiger partial charge is 0.368 e. The summed E-state index contributed by atoms with van der Waals surface area (Å²) in [5, 5.41) is 14.9. The topological polar surface area (TPSA) is 92.1 Å². The molecule has 0 saturated heterocycles. The van der Waals surface area contributed by atoms with Crippen LogP contribution in [0.2, 0.25) is 0 Å². The monoisotopic (exact) mass is 512 g/mol. The number of aromatic nitrogens is 4. The molecule has 8 nitrogen and oxygen atoms in total. The number of fused-ring (bicyclic) bond motifs is 1. The van der Waals surface area contributed by atoms with Crippen LogP contribution in [0.1, 0.15) is 24.1 Å². The molecule has 0 aliphatic carbocycles. The lowest BCUT2D eigenvalue weighted by Gasteiger charge is -2.19. The summed E-state index contributed by atoms with van der Waals surface area (Å²) < 4.78 is 15.5. The van der Waals surface area contributed by atoms with Crippen LogP contribution >= 0.6 is 24.0 Å². The Bertz CT molecular complexity index is 987. The fourth-order valence-corrected chi connectivity index (χ4v) is 2.83. The quantitative estimate of drug-likeness (QED) is 0.204. The summed E-state index contributed by atoms with van der Waals surface area (Å²) in [4.78, 5) is 12.7. The maximum absolute atomic E-state index is 13.8. The lowest BCUT2D eigenvalue weighted by Crippen LogP contribution is -2.40. The Balaban J connectivity index is 0.00000300. The fourth-order valence-electron chi connectivity index (χ4n) is 2.83. The molecule has 1 unspecified atom stereocenters. The Hall–Kier alpha value is -2.50. The van der Waals surface area contributed by atoms with Gasteiger partial charge in [0.05, 0.1) is 17.6 Å². The van der Waals surface area contributed by atoms with Crippen LogP contribution in [0.25, 0.3) is 11.0 Å². The van der Waals surface area contributed by atoms with Crippen molar-refractivity contribution in [1.82, 2.24) is 30.4 Å². The smallest absolute Gasteiger partial charge is 0.191 e. The minimum absolute atomic E-state index is 0. The third-order valence-corrected chi connectivity index (χ3v) is 4.51. The Morgan fingerprint density at radius 3 is 2.79 bits per heavy atom. The predicted octanol–water partition coefficient (Wildman–Crippen LogP) is 2.77. The number of aliphatic imine (C=N–C) groups is 1. The molecule has 0 spiro atoms. The number of halogens is 2. The van der Waals surface area contributed by atoms with Gasteiger partial charge >= 0.3 is 0 Å². The van der Waals surface area contributed by atoms with Gasteiger partial charge in [-0.3, -0.25) is 9.67 Å². The molecular formula is C19H26FIN8. The average Bonchev–Trinajstić information content (AvgIpc) is 3.08. The van der Waals surface area contributed by atoms with Gasteiger partial charge in [0.1, 0.15) is 18.0 Å². The highest BCUT2D eigenvalue weighted by Crippen LogP contribution is 2.17. The van der Waals surface area contributed by atoms with Crippen molar-refractivity contribution in [3.63, 3.8) is 0 Å². The number of hydrogen-bond donors (Lipinski definition) is 3. The molecule has 0 fully saturated rings. The summed E-state index contributed by atoms with van der Waals surface area (Å²) in [5.74, 6) is 1.18. The van der Waals surface area contributed by atoms with Gasteiger partial charge < -0.3 is 16.0 Å². The van der Waals surface area contributed by atoms with Crippen LogP contribution in [0, 0.1) is 12.7 Å². The van der Waals surface area contributed by atoms with Crippen LogP contribution in [-0.4, -0.2) is 45.8 Å². The molecule has 3 aromatic rings. The second-order valence-electron chi connectivity index (χ2n) is 6.53. The van der Waals surface area contributed by atoms with Crippen molar-refractivity contribution in [2.75, 3.05) is 25.5 Å². The zero-order chi connectivity index (χ0) is 20.1. The van der Waals surface area contributed by atoms with E-state index < -0.39 is 0 Å². The molecule has 2 heterocycles. The summed E-state index contributed by atoms with van der Waals surface area (Å²) in [5.41, 5.74) is 2.28. The summed E-state index contributed by atoms with van der Waals surface area (Å²) in [7, 11) is 3.55. The average molecular weight is 512 g/mol. The molecule has 1 aromatic carbocycles. The Morgan fingerprint density at radius 2 is 2.07 bits per heavy atom. The summed E-state index contributed by atoms with van der Waals surface area (Å²) >= 11 is 0. The van der Waals surface area contributed by atoms with E-state index in [1.807, 2.05) is 20.0 Å². The molecule has 0 saturated carbocycles. The number of hydrogen-bond acceptors (Lipinski definition) is 5. The van der Waals surface area contributed by atoms with Gasteiger partial charge in [-0.25, -0.2) is 14.4 Å². The molecule has 3 rings (SSSR count). The highest BCUT2D eigenvalue weighted by atomic mass is 127. The first-order chi connectivity index (χ1) is 13.5. The minimum atomic E-state index is -0.204. The molecule has 0 aliphatic heterocycles. The van der Waals surface area contributed by atoms with Gasteiger partial charge in [0.2, 0.25) is 0 Å². The minimum Gasteiger partial charge on any atom is -0.368 e. The normalized spacial score (nSPS) is 12.4. The summed E-state index contributed by atoms with van der Waals surface area (Å²) in [6.07, 6.45) is 3.26. The number of aryl methyl sites for hydroxylation is 2. The summed E-state index contributed by atoms with van der Waals surface area (Å²) in [6, 6.07) is 5.17. The van der Waals surface area contributed by atoms with Crippen molar-refractivity contribution in [2.45, 2.75) is 19.9 Å². The van der Waals surface area contributed by atoms with E-state index in [0.29, 0.717) is 24.6 Å². The number of anilines is 1. The van der Waals surface area contributed by atoms with E-state index in [-0.39, 0.29) is 35.8 Å². The van der Waals surface area contributed by atoms with Crippen LogP contribution in [-0.2, 0) is 7.05 Å². The molecule has 0 aliphatic rings. The molecule has 2 aromatic heterocycles. The van der Waals surface area contributed by atoms with E-state index in [2.05, 4.69) is 36.0 Å². The van der Waals surface area contributed by atoms with E-state index in [1.165, 1.54) is 6.33 Å². The van der Waals surface area contributed by atoms with E-state index in [9.17, 15) is 4.39 Å². The molecule has 29 heavy (non-hydrogen) atoms. The molecule has 1 atom stereocenters. The number of nitrogens with one attached hydrogen (secondary N) is 3. The number of guanidine groups is 1. The van der Waals surface area contributed by atoms with Gasteiger partial charge in [-0.2, -0.15) is 5.10 Å². The van der Waals surface area contributed by atoms with Crippen LogP contribution in [0.15, 0.2) is 35.7 Å². The Kier molecular flexibility index (Phi) is 8.11. The molecule has 3 N–H and O–H groups in total. The van der Waals surface area contributed by atoms with Crippen LogP contribution < -0.4 is 16.0 Å². The lowest BCUT2D eigenvalue weighted by molar-refractivity contribution is 0.607. The molecule has 156 valence electrons. The van der Waals surface area contributed by atoms with Crippen LogP contribution in [0.3, 0.4) is 0 Å². The van der Waals surface area contributed by atoms with Crippen molar-refractivity contribution in [2.24, 2.45) is 12.0 Å². The van der Waals surface area contributed by atoms with Crippen LogP contribution in [0.5, 0.6) is 0 Å². The SMILES string of the molecule is CN=C(NCCNc1ncnc2c1cnn2C)NC(C)c1ccc(C)c(F)c1.I. The molecule has 0 radical (unpaired) electrons. The van der Waals surface area contributed by atoms with Crippen LogP contribution in [0.4, 0.5) is 10.2 Å². The molecule has 10 heteroatoms. The van der Waals surface area contributed by atoms with E-state index in [4.69, 9.17) is 0 Å². The molecular weight excluding hydrogens is 486 g/mol. The van der Waals surface area contributed by atoms with Gasteiger partial charge in [-0.15, -0.1) is 24.0 Å². The second kappa shape index (κ2) is 10.3. The number of rotatable bonds is 6. The highest BCUT2D eigenvalue weighted by molar-refractivity contribution is 14.0. The van der Waals surface area contributed by atoms with Crippen molar-refractivity contribution < 1.29 is 4.39 Å². The van der Waals surface area contributed by atoms with Gasteiger partial charge in [0, 0.05) is 27.2 Å². The predicted molar refractivity (Wildman–Crippen MR) is 124 cm³/mol. The lowest BCUT2D eigenvalue weighted by atomic mass is 10.1. The zero-order valence-corrected chi connectivity index (χ0v) is 19.2. The third-order valence-electron chi connectivity index (χ3n) is 4.51. The highest BCUT2D eigenvalue weighted by Gasteiger charge is 2.10. The molecule has 0 amide bonds. The van der Waals surface area contributed by atoms with Crippen molar-refractivity contribution in [3.05, 3.63) is 47.7 Å². The Labute approximate surface area is 186 Å².